The summed E-state index contributed by atoms with van der Waals surface area (Å²) in [6.07, 6.45) is 3.50. The molecule has 0 radical (unpaired) electrons. The second-order valence-corrected chi connectivity index (χ2v) is 6.21. The van der Waals surface area contributed by atoms with Gasteiger partial charge < -0.3 is 14.7 Å². The Bertz CT molecular complexity index is 613. The molecule has 0 aromatic carbocycles. The molecule has 3 heterocycles. The van der Waals surface area contributed by atoms with E-state index in [9.17, 15) is 14.7 Å². The molecular weight excluding hydrogens is 300 g/mol. The van der Waals surface area contributed by atoms with E-state index in [1.165, 1.54) is 10.8 Å². The lowest BCUT2D eigenvalue weighted by Gasteiger charge is -2.33. The standard InChI is InChI=1S/C15H22N4O4/c20-13(10-18-4-1-3-16-14(18)21)19-5-2-15(22,12-19)11-17-6-8-23-9-7-17/h1,3-4,22H,2,5-12H2/t15-/m0/s1. The smallest absolute Gasteiger partial charge is 0.347 e. The highest BCUT2D eigenvalue weighted by Crippen LogP contribution is 2.23. The van der Waals surface area contributed by atoms with Crippen molar-refractivity contribution in [2.24, 2.45) is 0 Å². The van der Waals surface area contributed by atoms with Crippen LogP contribution in [0.25, 0.3) is 0 Å². The second-order valence-electron chi connectivity index (χ2n) is 6.21. The molecule has 0 spiro atoms. The summed E-state index contributed by atoms with van der Waals surface area (Å²) in [5.74, 6) is -0.169. The number of likely N-dealkylation sites (tertiary alicyclic amines) is 1. The average Bonchev–Trinajstić information content (AvgIpc) is 2.93. The number of hydrogen-bond acceptors (Lipinski definition) is 6. The van der Waals surface area contributed by atoms with Crippen LogP contribution < -0.4 is 5.69 Å². The third-order valence-corrected chi connectivity index (χ3v) is 4.39. The first-order valence-electron chi connectivity index (χ1n) is 7.87. The fourth-order valence-electron chi connectivity index (χ4n) is 3.13. The zero-order chi connectivity index (χ0) is 16.3. The van der Waals surface area contributed by atoms with Crippen LogP contribution >= 0.6 is 0 Å². The first-order chi connectivity index (χ1) is 11.1. The minimum absolute atomic E-state index is 0.0414. The molecule has 2 aliphatic rings. The average molecular weight is 322 g/mol. The minimum atomic E-state index is -0.882. The molecule has 8 heteroatoms. The van der Waals surface area contributed by atoms with Gasteiger partial charge in [-0.3, -0.25) is 14.3 Å². The number of rotatable bonds is 4. The van der Waals surface area contributed by atoms with Crippen LogP contribution in [-0.4, -0.2) is 81.9 Å². The van der Waals surface area contributed by atoms with Crippen LogP contribution in [0.15, 0.2) is 23.3 Å². The molecular formula is C15H22N4O4. The van der Waals surface area contributed by atoms with Gasteiger partial charge >= 0.3 is 5.69 Å². The molecule has 0 aliphatic carbocycles. The van der Waals surface area contributed by atoms with Gasteiger partial charge in [-0.2, -0.15) is 0 Å². The van der Waals surface area contributed by atoms with E-state index >= 15 is 0 Å². The lowest BCUT2D eigenvalue weighted by Crippen LogP contribution is -2.49. The number of nitrogens with zero attached hydrogens (tertiary/aromatic N) is 4. The van der Waals surface area contributed by atoms with Crippen LogP contribution in [-0.2, 0) is 16.1 Å². The minimum Gasteiger partial charge on any atom is -0.387 e. The predicted molar refractivity (Wildman–Crippen MR) is 81.9 cm³/mol. The van der Waals surface area contributed by atoms with E-state index in [0.717, 1.165) is 13.1 Å². The Balaban J connectivity index is 1.57. The van der Waals surface area contributed by atoms with Crippen LogP contribution in [0.1, 0.15) is 6.42 Å². The largest absolute Gasteiger partial charge is 0.387 e. The van der Waals surface area contributed by atoms with Crippen molar-refractivity contribution >= 4 is 5.91 Å². The van der Waals surface area contributed by atoms with Crippen LogP contribution in [0.2, 0.25) is 0 Å². The van der Waals surface area contributed by atoms with E-state index in [1.54, 1.807) is 17.2 Å². The zero-order valence-corrected chi connectivity index (χ0v) is 13.1. The Morgan fingerprint density at radius 3 is 2.87 bits per heavy atom. The van der Waals surface area contributed by atoms with Gasteiger partial charge in [0.25, 0.3) is 0 Å². The van der Waals surface area contributed by atoms with Gasteiger partial charge in [-0.25, -0.2) is 9.78 Å². The van der Waals surface area contributed by atoms with E-state index in [-0.39, 0.29) is 12.5 Å². The molecule has 0 bridgehead atoms. The van der Waals surface area contributed by atoms with Crippen molar-refractivity contribution in [3.8, 4) is 0 Å². The number of morpholine rings is 1. The molecule has 0 saturated carbocycles. The predicted octanol–water partition coefficient (Wildman–Crippen LogP) is -1.46. The Labute approximate surface area is 134 Å². The lowest BCUT2D eigenvalue weighted by atomic mass is 10.0. The number of carbonyl (C=O) groups is 1. The quantitative estimate of drug-likeness (QED) is 0.729. The highest BCUT2D eigenvalue weighted by Gasteiger charge is 2.39. The molecule has 2 fully saturated rings. The van der Waals surface area contributed by atoms with Crippen LogP contribution in [0, 0.1) is 0 Å². The summed E-state index contributed by atoms with van der Waals surface area (Å²) in [5, 5.41) is 10.7. The third-order valence-electron chi connectivity index (χ3n) is 4.39. The Kier molecular flexibility index (Phi) is 4.74. The zero-order valence-electron chi connectivity index (χ0n) is 13.1. The highest BCUT2D eigenvalue weighted by molar-refractivity contribution is 5.76. The van der Waals surface area contributed by atoms with Gasteiger partial charge in [-0.15, -0.1) is 0 Å². The van der Waals surface area contributed by atoms with E-state index in [0.29, 0.717) is 39.3 Å². The number of hydrogen-bond donors (Lipinski definition) is 1. The molecule has 126 valence electrons. The van der Waals surface area contributed by atoms with Crippen molar-refractivity contribution in [1.82, 2.24) is 19.4 Å². The number of aromatic nitrogens is 2. The Morgan fingerprint density at radius 2 is 2.13 bits per heavy atom. The normalized spacial score (nSPS) is 25.7. The first-order valence-corrected chi connectivity index (χ1v) is 7.87. The van der Waals surface area contributed by atoms with Crippen molar-refractivity contribution in [2.75, 3.05) is 45.9 Å². The van der Waals surface area contributed by atoms with Crippen molar-refractivity contribution in [3.63, 3.8) is 0 Å². The molecule has 1 amide bonds. The van der Waals surface area contributed by atoms with Crippen molar-refractivity contribution < 1.29 is 14.6 Å². The fourth-order valence-corrected chi connectivity index (χ4v) is 3.13. The first kappa shape index (κ1) is 16.1. The molecule has 1 aromatic heterocycles. The molecule has 1 N–H and O–H groups in total. The maximum absolute atomic E-state index is 12.3. The van der Waals surface area contributed by atoms with Crippen LogP contribution in [0.3, 0.4) is 0 Å². The van der Waals surface area contributed by atoms with Crippen LogP contribution in [0.4, 0.5) is 0 Å². The summed E-state index contributed by atoms with van der Waals surface area (Å²) in [5.41, 5.74) is -1.32. The van der Waals surface area contributed by atoms with Gasteiger partial charge in [-0.1, -0.05) is 0 Å². The SMILES string of the molecule is O=C(Cn1cccnc1=O)N1CC[C@](O)(CN2CCOCC2)C1. The van der Waals surface area contributed by atoms with Gasteiger partial charge in [0.15, 0.2) is 0 Å². The summed E-state index contributed by atoms with van der Waals surface area (Å²) in [7, 11) is 0. The highest BCUT2D eigenvalue weighted by atomic mass is 16.5. The van der Waals surface area contributed by atoms with Crippen molar-refractivity contribution in [1.29, 1.82) is 0 Å². The van der Waals surface area contributed by atoms with Crippen molar-refractivity contribution in [3.05, 3.63) is 28.9 Å². The Hall–Kier alpha value is -1.77. The van der Waals surface area contributed by atoms with Crippen LogP contribution in [0.5, 0.6) is 0 Å². The summed E-state index contributed by atoms with van der Waals surface area (Å²) >= 11 is 0. The monoisotopic (exact) mass is 322 g/mol. The fraction of sp³-hybridized carbons (Fsp3) is 0.667. The molecule has 23 heavy (non-hydrogen) atoms. The van der Waals surface area contributed by atoms with E-state index < -0.39 is 11.3 Å². The van der Waals surface area contributed by atoms with Gasteiger partial charge in [-0.05, 0) is 12.5 Å². The molecule has 8 nitrogen and oxygen atoms in total. The molecule has 0 unspecified atom stereocenters. The maximum atomic E-state index is 12.3. The van der Waals surface area contributed by atoms with Gasteiger partial charge in [0.1, 0.15) is 6.54 Å². The van der Waals surface area contributed by atoms with Gasteiger partial charge in [0.05, 0.1) is 25.4 Å². The summed E-state index contributed by atoms with van der Waals surface area (Å²) in [6, 6.07) is 1.62. The second kappa shape index (κ2) is 6.77. The van der Waals surface area contributed by atoms with Crippen molar-refractivity contribution in [2.45, 2.75) is 18.6 Å². The van der Waals surface area contributed by atoms with E-state index in [1.807, 2.05) is 0 Å². The van der Waals surface area contributed by atoms with Gasteiger partial charge in [0.2, 0.25) is 5.91 Å². The number of β-amino-alcohol motifs (C(OH)–C–C–N with tert-alkyl or cyclic N) is 1. The number of amides is 1. The van der Waals surface area contributed by atoms with E-state index in [4.69, 9.17) is 4.74 Å². The lowest BCUT2D eigenvalue weighted by molar-refractivity contribution is -0.132. The molecule has 2 saturated heterocycles. The number of carbonyl (C=O) groups excluding carboxylic acids is 1. The van der Waals surface area contributed by atoms with Gasteiger partial charge in [0, 0.05) is 38.6 Å². The Morgan fingerprint density at radius 1 is 1.35 bits per heavy atom. The van der Waals surface area contributed by atoms with E-state index in [2.05, 4.69) is 9.88 Å². The molecule has 2 aliphatic heterocycles. The number of aliphatic hydroxyl groups is 1. The molecule has 3 rings (SSSR count). The summed E-state index contributed by atoms with van der Waals surface area (Å²) < 4.78 is 6.59. The molecule has 1 atom stereocenters. The summed E-state index contributed by atoms with van der Waals surface area (Å²) in [4.78, 5) is 31.3. The molecule has 1 aromatic rings. The number of ether oxygens (including phenoxy) is 1. The topological polar surface area (TPSA) is 87.9 Å². The summed E-state index contributed by atoms with van der Waals surface area (Å²) in [6.45, 7) is 4.30. The maximum Gasteiger partial charge on any atom is 0.347 e. The third kappa shape index (κ3) is 3.95.